The molecule has 2 aromatic carbocycles. The first-order valence-corrected chi connectivity index (χ1v) is 10.3. The van der Waals surface area contributed by atoms with Crippen LogP contribution in [0.2, 0.25) is 0 Å². The Hall–Kier alpha value is -2.31. The minimum Gasteiger partial charge on any atom is -0.451 e. The van der Waals surface area contributed by atoms with Gasteiger partial charge in [0.15, 0.2) is 6.10 Å². The van der Waals surface area contributed by atoms with Gasteiger partial charge in [-0.3, -0.25) is 9.59 Å². The number of likely N-dealkylation sites (N-methyl/N-ethyl adjacent to an activating group) is 1. The highest BCUT2D eigenvalue weighted by Crippen LogP contribution is 2.47. The second-order valence-electron chi connectivity index (χ2n) is 7.04. The van der Waals surface area contributed by atoms with E-state index < -0.39 is 12.1 Å². The molecule has 1 N–H and O–H groups in total. The van der Waals surface area contributed by atoms with Gasteiger partial charge in [0.1, 0.15) is 0 Å². The van der Waals surface area contributed by atoms with Crippen molar-refractivity contribution in [3.63, 3.8) is 0 Å². The molecule has 0 bridgehead atoms. The summed E-state index contributed by atoms with van der Waals surface area (Å²) in [6, 6.07) is 14.1. The molecule has 1 amide bonds. The number of hydrogen-bond donors (Lipinski definition) is 1. The lowest BCUT2D eigenvalue weighted by atomic mass is 10.0. The third-order valence-corrected chi connectivity index (χ3v) is 6.08. The number of nitrogens with one attached hydrogen (secondary N) is 1. The molecule has 3 rings (SSSR count). The molecule has 148 valence electrons. The lowest BCUT2D eigenvalue weighted by Gasteiger charge is -2.27. The quantitative estimate of drug-likeness (QED) is 0.780. The molecule has 0 radical (unpaired) electrons. The maximum atomic E-state index is 13.5. The maximum absolute atomic E-state index is 13.5. The summed E-state index contributed by atoms with van der Waals surface area (Å²) in [6.45, 7) is 6.56. The highest BCUT2D eigenvalue weighted by Gasteiger charge is 2.40. The summed E-state index contributed by atoms with van der Waals surface area (Å²) in [4.78, 5) is 28.1. The summed E-state index contributed by atoms with van der Waals surface area (Å²) in [5.74, 6) is -0.641. The Morgan fingerprint density at radius 1 is 1.14 bits per heavy atom. The molecule has 0 saturated carbocycles. The number of nitrogens with zero attached hydrogens (tertiary/aromatic N) is 1. The minimum atomic E-state index is -0.880. The Labute approximate surface area is 170 Å². The van der Waals surface area contributed by atoms with Crippen LogP contribution in [-0.2, 0) is 14.3 Å². The fraction of sp³-hybridized carbons (Fsp3) is 0.364. The Kier molecular flexibility index (Phi) is 6.42. The van der Waals surface area contributed by atoms with E-state index in [-0.39, 0.29) is 11.2 Å². The molecule has 0 saturated heterocycles. The molecule has 0 fully saturated rings. The number of aryl methyl sites for hydroxylation is 2. The van der Waals surface area contributed by atoms with E-state index in [0.717, 1.165) is 27.3 Å². The van der Waals surface area contributed by atoms with Gasteiger partial charge in [-0.15, -0.1) is 11.8 Å². The van der Waals surface area contributed by atoms with Crippen LogP contribution in [0.5, 0.6) is 0 Å². The lowest BCUT2D eigenvalue weighted by Crippen LogP contribution is -2.45. The highest BCUT2D eigenvalue weighted by molar-refractivity contribution is 7.99. The zero-order chi connectivity index (χ0) is 20.3. The minimum absolute atomic E-state index is 0.189. The first-order chi connectivity index (χ1) is 13.4. The van der Waals surface area contributed by atoms with E-state index in [9.17, 15) is 9.59 Å². The van der Waals surface area contributed by atoms with Gasteiger partial charge in [-0.25, -0.2) is 0 Å². The van der Waals surface area contributed by atoms with Gasteiger partial charge in [-0.05, 0) is 44.2 Å². The van der Waals surface area contributed by atoms with E-state index in [2.05, 4.69) is 11.4 Å². The number of hydrogen-bond acceptors (Lipinski definition) is 5. The Morgan fingerprint density at radius 2 is 1.82 bits per heavy atom. The maximum Gasteiger partial charge on any atom is 0.303 e. The number of ether oxygens (including phenoxy) is 1. The highest BCUT2D eigenvalue weighted by atomic mass is 32.2. The first-order valence-electron chi connectivity index (χ1n) is 9.37. The van der Waals surface area contributed by atoms with Crippen molar-refractivity contribution < 1.29 is 14.3 Å². The number of esters is 1. The van der Waals surface area contributed by atoms with Crippen LogP contribution in [0.1, 0.15) is 28.9 Å². The third-order valence-electron chi connectivity index (χ3n) is 4.73. The van der Waals surface area contributed by atoms with Crippen LogP contribution in [-0.4, -0.2) is 38.1 Å². The second-order valence-corrected chi connectivity index (χ2v) is 8.23. The fourth-order valence-electron chi connectivity index (χ4n) is 3.28. The van der Waals surface area contributed by atoms with Gasteiger partial charge >= 0.3 is 5.97 Å². The number of carbonyl (C=O) groups is 2. The van der Waals surface area contributed by atoms with Crippen LogP contribution in [0.4, 0.5) is 5.69 Å². The zero-order valence-corrected chi connectivity index (χ0v) is 17.5. The molecule has 1 aliphatic heterocycles. The number of anilines is 1. The van der Waals surface area contributed by atoms with E-state index in [0.29, 0.717) is 13.1 Å². The monoisotopic (exact) mass is 398 g/mol. The first kappa shape index (κ1) is 20.4. The normalized spacial score (nSPS) is 19.1. The van der Waals surface area contributed by atoms with Crippen LogP contribution < -0.4 is 10.2 Å². The smallest absolute Gasteiger partial charge is 0.303 e. The number of fused-ring (bicyclic) bond motifs is 1. The van der Waals surface area contributed by atoms with Crippen molar-refractivity contribution in [2.24, 2.45) is 0 Å². The largest absolute Gasteiger partial charge is 0.451 e. The van der Waals surface area contributed by atoms with Gasteiger partial charge in [0.25, 0.3) is 5.91 Å². The standard InChI is InChI=1S/C22H26N2O3S/c1-14-5-8-17(9-6-14)21-20(27-16(3)25)22(26)24(12-11-23-4)18-10-7-15(2)13-19(18)28-21/h5-10,13,20-21,23H,11-12H2,1-4H3/t20-,21+/m0/s1. The van der Waals surface area contributed by atoms with Gasteiger partial charge < -0.3 is 15.0 Å². The number of rotatable bonds is 5. The molecule has 28 heavy (non-hydrogen) atoms. The van der Waals surface area contributed by atoms with Crippen molar-refractivity contribution in [2.45, 2.75) is 37.0 Å². The van der Waals surface area contributed by atoms with Gasteiger partial charge in [-0.2, -0.15) is 0 Å². The Bertz CT molecular complexity index is 867. The van der Waals surface area contributed by atoms with E-state index in [1.54, 1.807) is 16.7 Å². The number of benzene rings is 2. The Balaban J connectivity index is 2.11. The van der Waals surface area contributed by atoms with E-state index in [4.69, 9.17) is 4.74 Å². The molecular weight excluding hydrogens is 372 g/mol. The molecule has 2 atom stereocenters. The van der Waals surface area contributed by atoms with Crippen molar-refractivity contribution in [2.75, 3.05) is 25.0 Å². The summed E-state index contributed by atoms with van der Waals surface area (Å²) in [5.41, 5.74) is 4.10. The zero-order valence-electron chi connectivity index (χ0n) is 16.7. The SMILES string of the molecule is CNCCN1C(=O)[C@@H](OC(C)=O)[C@@H](c2ccc(C)cc2)Sc2cc(C)ccc21. The van der Waals surface area contributed by atoms with Crippen molar-refractivity contribution >= 4 is 29.3 Å². The van der Waals surface area contributed by atoms with E-state index >= 15 is 0 Å². The predicted octanol–water partition coefficient (Wildman–Crippen LogP) is 3.63. The van der Waals surface area contributed by atoms with Crippen LogP contribution >= 0.6 is 11.8 Å². The Morgan fingerprint density at radius 3 is 2.46 bits per heavy atom. The average Bonchev–Trinajstić information content (AvgIpc) is 2.76. The number of thioether (sulfide) groups is 1. The van der Waals surface area contributed by atoms with Crippen molar-refractivity contribution in [1.29, 1.82) is 0 Å². The molecule has 0 aliphatic carbocycles. The lowest BCUT2D eigenvalue weighted by molar-refractivity contribution is -0.152. The summed E-state index contributed by atoms with van der Waals surface area (Å²) in [6.07, 6.45) is -0.880. The van der Waals surface area contributed by atoms with Gasteiger partial charge in [-0.1, -0.05) is 35.9 Å². The molecule has 0 spiro atoms. The van der Waals surface area contributed by atoms with Crippen molar-refractivity contribution in [3.05, 3.63) is 59.2 Å². The van der Waals surface area contributed by atoms with Gasteiger partial charge in [0.2, 0.25) is 0 Å². The number of amides is 1. The number of carbonyl (C=O) groups excluding carboxylic acids is 2. The molecule has 6 heteroatoms. The molecule has 0 aromatic heterocycles. The van der Waals surface area contributed by atoms with Crippen LogP contribution in [0.3, 0.4) is 0 Å². The van der Waals surface area contributed by atoms with Crippen LogP contribution in [0.25, 0.3) is 0 Å². The second kappa shape index (κ2) is 8.80. The predicted molar refractivity (Wildman–Crippen MR) is 113 cm³/mol. The van der Waals surface area contributed by atoms with Gasteiger partial charge in [0, 0.05) is 24.9 Å². The topological polar surface area (TPSA) is 58.6 Å². The summed E-state index contributed by atoms with van der Waals surface area (Å²) in [7, 11) is 1.85. The summed E-state index contributed by atoms with van der Waals surface area (Å²) >= 11 is 1.58. The molecule has 1 heterocycles. The molecular formula is C22H26N2O3S. The summed E-state index contributed by atoms with van der Waals surface area (Å²) < 4.78 is 5.58. The third kappa shape index (κ3) is 4.39. The van der Waals surface area contributed by atoms with Crippen LogP contribution in [0, 0.1) is 13.8 Å². The van der Waals surface area contributed by atoms with Crippen molar-refractivity contribution in [3.8, 4) is 0 Å². The molecule has 1 aliphatic rings. The van der Waals surface area contributed by atoms with Crippen molar-refractivity contribution in [1.82, 2.24) is 5.32 Å². The van der Waals surface area contributed by atoms with E-state index in [1.165, 1.54) is 6.92 Å². The fourth-order valence-corrected chi connectivity index (χ4v) is 4.70. The molecule has 2 aromatic rings. The molecule has 0 unspecified atom stereocenters. The van der Waals surface area contributed by atoms with Gasteiger partial charge in [0.05, 0.1) is 10.9 Å². The van der Waals surface area contributed by atoms with Crippen LogP contribution in [0.15, 0.2) is 47.4 Å². The average molecular weight is 399 g/mol. The van der Waals surface area contributed by atoms with E-state index in [1.807, 2.05) is 57.3 Å². The molecule has 5 nitrogen and oxygen atoms in total. The summed E-state index contributed by atoms with van der Waals surface area (Å²) in [5, 5.41) is 2.79.